The molecule has 146 valence electrons. The SMILES string of the molecule is CCOc1ccc(NC(=O)CN(C)Cc2ccc(OCC)c(OC)c2)cc1. The summed E-state index contributed by atoms with van der Waals surface area (Å²) in [7, 11) is 3.52. The van der Waals surface area contributed by atoms with Crippen molar-refractivity contribution in [3.8, 4) is 17.2 Å². The van der Waals surface area contributed by atoms with Gasteiger partial charge in [-0.2, -0.15) is 0 Å². The molecule has 2 rings (SSSR count). The molecule has 0 fully saturated rings. The average Bonchev–Trinajstić information content (AvgIpc) is 2.64. The van der Waals surface area contributed by atoms with E-state index >= 15 is 0 Å². The van der Waals surface area contributed by atoms with Gasteiger partial charge in [0, 0.05) is 12.2 Å². The number of hydrogen-bond acceptors (Lipinski definition) is 5. The number of nitrogens with one attached hydrogen (secondary N) is 1. The summed E-state index contributed by atoms with van der Waals surface area (Å²) in [6.07, 6.45) is 0. The van der Waals surface area contributed by atoms with Crippen LogP contribution in [0.3, 0.4) is 0 Å². The van der Waals surface area contributed by atoms with Gasteiger partial charge in [0.25, 0.3) is 0 Å². The molecule has 0 aromatic heterocycles. The maximum Gasteiger partial charge on any atom is 0.238 e. The lowest BCUT2D eigenvalue weighted by molar-refractivity contribution is -0.117. The molecule has 2 aromatic carbocycles. The van der Waals surface area contributed by atoms with Crippen molar-refractivity contribution in [2.45, 2.75) is 20.4 Å². The first kappa shape index (κ1) is 20.6. The molecule has 0 saturated heterocycles. The van der Waals surface area contributed by atoms with Gasteiger partial charge in [-0.05, 0) is 62.9 Å². The van der Waals surface area contributed by atoms with Gasteiger partial charge in [0.05, 0.1) is 26.9 Å². The summed E-state index contributed by atoms with van der Waals surface area (Å²) in [5, 5.41) is 2.90. The molecule has 0 heterocycles. The third-order valence-corrected chi connectivity index (χ3v) is 3.84. The molecular formula is C21H28N2O4. The third kappa shape index (κ3) is 6.49. The Morgan fingerprint density at radius 3 is 2.33 bits per heavy atom. The summed E-state index contributed by atoms with van der Waals surface area (Å²) in [6, 6.07) is 13.2. The van der Waals surface area contributed by atoms with Gasteiger partial charge in [0.2, 0.25) is 5.91 Å². The van der Waals surface area contributed by atoms with Crippen LogP contribution >= 0.6 is 0 Å². The number of nitrogens with zero attached hydrogens (tertiary/aromatic N) is 1. The van der Waals surface area contributed by atoms with E-state index in [-0.39, 0.29) is 12.5 Å². The van der Waals surface area contributed by atoms with E-state index in [0.29, 0.717) is 25.5 Å². The molecular weight excluding hydrogens is 344 g/mol. The zero-order valence-corrected chi connectivity index (χ0v) is 16.5. The van der Waals surface area contributed by atoms with Crippen molar-refractivity contribution in [2.24, 2.45) is 0 Å². The Kier molecular flexibility index (Phi) is 7.95. The molecule has 0 bridgehead atoms. The first-order valence-electron chi connectivity index (χ1n) is 9.06. The van der Waals surface area contributed by atoms with E-state index in [9.17, 15) is 4.79 Å². The number of amides is 1. The van der Waals surface area contributed by atoms with Crippen molar-refractivity contribution >= 4 is 11.6 Å². The quantitative estimate of drug-likeness (QED) is 0.691. The highest BCUT2D eigenvalue weighted by molar-refractivity contribution is 5.92. The van der Waals surface area contributed by atoms with E-state index in [2.05, 4.69) is 5.32 Å². The molecule has 2 aromatic rings. The maximum absolute atomic E-state index is 12.3. The summed E-state index contributed by atoms with van der Waals surface area (Å²) in [4.78, 5) is 14.2. The van der Waals surface area contributed by atoms with E-state index in [4.69, 9.17) is 14.2 Å². The van der Waals surface area contributed by atoms with Gasteiger partial charge in [0.1, 0.15) is 5.75 Å². The minimum absolute atomic E-state index is 0.0699. The van der Waals surface area contributed by atoms with Crippen LogP contribution in [-0.2, 0) is 11.3 Å². The summed E-state index contributed by atoms with van der Waals surface area (Å²) in [6.45, 7) is 5.98. The summed E-state index contributed by atoms with van der Waals surface area (Å²) >= 11 is 0. The van der Waals surface area contributed by atoms with Gasteiger partial charge in [0.15, 0.2) is 11.5 Å². The molecule has 0 aliphatic heterocycles. The van der Waals surface area contributed by atoms with E-state index in [1.54, 1.807) is 7.11 Å². The minimum Gasteiger partial charge on any atom is -0.494 e. The third-order valence-electron chi connectivity index (χ3n) is 3.84. The van der Waals surface area contributed by atoms with Crippen LogP contribution in [0, 0.1) is 0 Å². The Morgan fingerprint density at radius 1 is 1.00 bits per heavy atom. The Labute approximate surface area is 161 Å². The van der Waals surface area contributed by atoms with Crippen molar-refractivity contribution in [3.63, 3.8) is 0 Å². The first-order chi connectivity index (χ1) is 13.0. The number of methoxy groups -OCH3 is 1. The predicted molar refractivity (Wildman–Crippen MR) is 107 cm³/mol. The van der Waals surface area contributed by atoms with Crippen LogP contribution in [-0.4, -0.2) is 44.7 Å². The van der Waals surface area contributed by atoms with Crippen molar-refractivity contribution in [3.05, 3.63) is 48.0 Å². The number of carbonyl (C=O) groups is 1. The fraction of sp³-hybridized carbons (Fsp3) is 0.381. The fourth-order valence-corrected chi connectivity index (χ4v) is 2.70. The Balaban J connectivity index is 1.89. The normalized spacial score (nSPS) is 10.6. The molecule has 0 saturated carbocycles. The molecule has 1 amide bonds. The number of hydrogen-bond donors (Lipinski definition) is 1. The Morgan fingerprint density at radius 2 is 1.70 bits per heavy atom. The molecule has 0 spiro atoms. The second kappa shape index (κ2) is 10.4. The highest BCUT2D eigenvalue weighted by Gasteiger charge is 2.10. The lowest BCUT2D eigenvalue weighted by Gasteiger charge is -2.18. The van der Waals surface area contributed by atoms with E-state index in [1.165, 1.54) is 0 Å². The molecule has 1 N–H and O–H groups in total. The highest BCUT2D eigenvalue weighted by Crippen LogP contribution is 2.28. The molecule has 6 heteroatoms. The molecule has 0 aliphatic rings. The molecule has 6 nitrogen and oxygen atoms in total. The van der Waals surface area contributed by atoms with Gasteiger partial charge in [-0.3, -0.25) is 9.69 Å². The number of ether oxygens (including phenoxy) is 3. The number of anilines is 1. The number of rotatable bonds is 10. The molecule has 27 heavy (non-hydrogen) atoms. The van der Waals surface area contributed by atoms with E-state index in [0.717, 1.165) is 22.7 Å². The lowest BCUT2D eigenvalue weighted by atomic mass is 10.2. The smallest absolute Gasteiger partial charge is 0.238 e. The van der Waals surface area contributed by atoms with Crippen LogP contribution in [0.1, 0.15) is 19.4 Å². The van der Waals surface area contributed by atoms with Crippen LogP contribution in [0.4, 0.5) is 5.69 Å². The molecule has 0 atom stereocenters. The summed E-state index contributed by atoms with van der Waals surface area (Å²) in [5.41, 5.74) is 1.80. The molecule has 0 aliphatic carbocycles. The van der Waals surface area contributed by atoms with Crippen LogP contribution < -0.4 is 19.5 Å². The van der Waals surface area contributed by atoms with Crippen LogP contribution in [0.5, 0.6) is 17.2 Å². The molecule has 0 radical (unpaired) electrons. The molecule has 0 unspecified atom stereocenters. The van der Waals surface area contributed by atoms with E-state index in [1.807, 2.05) is 68.3 Å². The fourth-order valence-electron chi connectivity index (χ4n) is 2.70. The summed E-state index contributed by atoms with van der Waals surface area (Å²) < 4.78 is 16.3. The second-order valence-corrected chi connectivity index (χ2v) is 6.10. The zero-order chi connectivity index (χ0) is 19.6. The van der Waals surface area contributed by atoms with Gasteiger partial charge in [-0.25, -0.2) is 0 Å². The standard InChI is InChI=1S/C21H28N2O4/c1-5-26-18-10-8-17(9-11-18)22-21(24)15-23(3)14-16-7-12-19(27-6-2)20(13-16)25-4/h7-13H,5-6,14-15H2,1-4H3,(H,22,24). The summed E-state index contributed by atoms with van der Waals surface area (Å²) in [5.74, 6) is 2.14. The highest BCUT2D eigenvalue weighted by atomic mass is 16.5. The predicted octanol–water partition coefficient (Wildman–Crippen LogP) is 3.56. The first-order valence-corrected chi connectivity index (χ1v) is 9.06. The van der Waals surface area contributed by atoms with Gasteiger partial charge < -0.3 is 19.5 Å². The van der Waals surface area contributed by atoms with Crippen LogP contribution in [0.2, 0.25) is 0 Å². The maximum atomic E-state index is 12.3. The van der Waals surface area contributed by atoms with E-state index < -0.39 is 0 Å². The Hall–Kier alpha value is -2.73. The lowest BCUT2D eigenvalue weighted by Crippen LogP contribution is -2.29. The van der Waals surface area contributed by atoms with Crippen molar-refractivity contribution in [1.29, 1.82) is 0 Å². The van der Waals surface area contributed by atoms with Gasteiger partial charge in [-0.1, -0.05) is 6.07 Å². The monoisotopic (exact) mass is 372 g/mol. The number of carbonyl (C=O) groups excluding carboxylic acids is 1. The largest absolute Gasteiger partial charge is 0.494 e. The van der Waals surface area contributed by atoms with Crippen LogP contribution in [0.25, 0.3) is 0 Å². The van der Waals surface area contributed by atoms with Crippen LogP contribution in [0.15, 0.2) is 42.5 Å². The topological polar surface area (TPSA) is 60.0 Å². The van der Waals surface area contributed by atoms with Crippen molar-refractivity contribution < 1.29 is 19.0 Å². The van der Waals surface area contributed by atoms with Crippen molar-refractivity contribution in [1.82, 2.24) is 4.90 Å². The minimum atomic E-state index is -0.0699. The second-order valence-electron chi connectivity index (χ2n) is 6.10. The van der Waals surface area contributed by atoms with Gasteiger partial charge >= 0.3 is 0 Å². The number of benzene rings is 2. The van der Waals surface area contributed by atoms with Gasteiger partial charge in [-0.15, -0.1) is 0 Å². The van der Waals surface area contributed by atoms with Crippen molar-refractivity contribution in [2.75, 3.05) is 39.2 Å². The number of likely N-dealkylation sites (N-methyl/N-ethyl adjacent to an activating group) is 1. The zero-order valence-electron chi connectivity index (χ0n) is 16.5. The Bertz CT molecular complexity index is 731. The average molecular weight is 372 g/mol.